The van der Waals surface area contributed by atoms with Crippen LogP contribution in [0, 0.1) is 0 Å². The largest absolute Gasteiger partial charge is 0.286 e. The molecule has 2 nitrogen and oxygen atoms in total. The van der Waals surface area contributed by atoms with E-state index in [-0.39, 0.29) is 15.2 Å². The Hall–Kier alpha value is -0.123. The molecule has 0 aromatic heterocycles. The van der Waals surface area contributed by atoms with Crippen molar-refractivity contribution in [1.29, 1.82) is 0 Å². The maximum Gasteiger partial charge on any atom is 0.0705 e. The first-order chi connectivity index (χ1) is 10.6. The first-order valence-electron chi connectivity index (χ1n) is 9.71. The van der Waals surface area contributed by atoms with Crippen molar-refractivity contribution in [3.8, 4) is 0 Å². The molecule has 0 bridgehead atoms. The van der Waals surface area contributed by atoms with Crippen molar-refractivity contribution in [3.63, 3.8) is 0 Å². The molecule has 0 saturated heterocycles. The molecule has 0 unspecified atom stereocenters. The molecule has 3 heteroatoms. The van der Waals surface area contributed by atoms with E-state index in [9.17, 15) is 0 Å². The highest BCUT2D eigenvalue weighted by molar-refractivity contribution is 6.36. The highest BCUT2D eigenvalue weighted by Crippen LogP contribution is 2.28. The van der Waals surface area contributed by atoms with Gasteiger partial charge in [-0.1, -0.05) is 39.8 Å². The van der Waals surface area contributed by atoms with E-state index in [0.29, 0.717) is 0 Å². The maximum atomic E-state index is 3.90. The highest BCUT2D eigenvalue weighted by Gasteiger charge is 2.35. The lowest BCUT2D eigenvalue weighted by Gasteiger charge is -2.49. The van der Waals surface area contributed by atoms with Gasteiger partial charge in [0.1, 0.15) is 0 Å². The first-order valence-corrected chi connectivity index (χ1v) is 11.7. The third kappa shape index (κ3) is 7.43. The van der Waals surface area contributed by atoms with Crippen molar-refractivity contribution < 1.29 is 0 Å². The maximum absolute atomic E-state index is 3.90. The molecule has 0 spiro atoms. The van der Waals surface area contributed by atoms with Gasteiger partial charge in [-0.15, -0.1) is 6.58 Å². The summed E-state index contributed by atoms with van der Waals surface area (Å²) >= 11 is 0. The van der Waals surface area contributed by atoms with Crippen LogP contribution in [0.4, 0.5) is 0 Å². The van der Waals surface area contributed by atoms with Gasteiger partial charge in [0, 0.05) is 9.52 Å². The van der Waals surface area contributed by atoms with E-state index in [1.165, 1.54) is 70.4 Å². The van der Waals surface area contributed by atoms with Crippen LogP contribution in [0.2, 0.25) is 12.1 Å². The van der Waals surface area contributed by atoms with Crippen LogP contribution in [0.3, 0.4) is 0 Å². The second-order valence-electron chi connectivity index (χ2n) is 6.73. The van der Waals surface area contributed by atoms with Crippen LogP contribution in [0.15, 0.2) is 12.7 Å². The molecular weight excluding hydrogens is 284 g/mol. The van der Waals surface area contributed by atoms with E-state index in [4.69, 9.17) is 0 Å². The quantitative estimate of drug-likeness (QED) is 0.189. The van der Waals surface area contributed by atoms with Gasteiger partial charge in [0.15, 0.2) is 0 Å². The topological polar surface area (TPSA) is 6.48 Å². The fourth-order valence-corrected chi connectivity index (χ4v) is 5.03. The molecule has 0 aliphatic rings. The van der Waals surface area contributed by atoms with Crippen LogP contribution in [-0.4, -0.2) is 51.2 Å². The molecule has 0 rings (SSSR count). The van der Waals surface area contributed by atoms with Gasteiger partial charge in [-0.2, -0.15) is 0 Å². The zero-order valence-corrected chi connectivity index (χ0v) is 17.6. The summed E-state index contributed by atoms with van der Waals surface area (Å²) in [7, 11) is 0.0404. The molecule has 132 valence electrons. The predicted molar refractivity (Wildman–Crippen MR) is 106 cm³/mol. The Morgan fingerprint density at radius 1 is 0.864 bits per heavy atom. The van der Waals surface area contributed by atoms with Crippen molar-refractivity contribution in [2.75, 3.05) is 26.2 Å². The van der Waals surface area contributed by atoms with E-state index in [2.05, 4.69) is 57.1 Å². The molecule has 22 heavy (non-hydrogen) atoms. The van der Waals surface area contributed by atoms with E-state index in [1.54, 1.807) is 0 Å². The van der Waals surface area contributed by atoms with E-state index in [0.717, 1.165) is 0 Å². The van der Waals surface area contributed by atoms with Gasteiger partial charge in [0.25, 0.3) is 0 Å². The Morgan fingerprint density at radius 3 is 1.59 bits per heavy atom. The van der Waals surface area contributed by atoms with Gasteiger partial charge < -0.3 is 0 Å². The Bertz CT molecular complexity index is 240. The van der Waals surface area contributed by atoms with E-state index < -0.39 is 0 Å². The monoisotopic (exact) mass is 326 g/mol. The lowest BCUT2D eigenvalue weighted by Crippen LogP contribution is -2.59. The van der Waals surface area contributed by atoms with Gasteiger partial charge in [0.2, 0.25) is 0 Å². The summed E-state index contributed by atoms with van der Waals surface area (Å²) in [6.45, 7) is 20.6. The Labute approximate surface area is 143 Å². The Morgan fingerprint density at radius 2 is 1.27 bits per heavy atom. The lowest BCUT2D eigenvalue weighted by molar-refractivity contribution is -0.0502. The lowest BCUT2D eigenvalue weighted by atomic mass is 10.0. The summed E-state index contributed by atoms with van der Waals surface area (Å²) < 4.78 is 0. The third-order valence-corrected chi connectivity index (χ3v) is 6.32. The fraction of sp³-hybridized carbons (Fsp3) is 0.895. The average Bonchev–Trinajstić information content (AvgIpc) is 2.51. The molecule has 0 N–H and O–H groups in total. The van der Waals surface area contributed by atoms with E-state index in [1.807, 2.05) is 0 Å². The molecule has 0 aliphatic carbocycles. The molecule has 0 saturated carbocycles. The molecular formula is C19H42N2Si. The Balaban J connectivity index is 5.13. The first kappa shape index (κ1) is 21.9. The summed E-state index contributed by atoms with van der Waals surface area (Å²) in [6.07, 6.45) is 8.48. The van der Waals surface area contributed by atoms with Gasteiger partial charge >= 0.3 is 0 Å². The molecule has 0 aromatic carbocycles. The zero-order valence-electron chi connectivity index (χ0n) is 16.2. The minimum Gasteiger partial charge on any atom is -0.286 e. The minimum atomic E-state index is 0.0404. The molecule has 0 fully saturated rings. The van der Waals surface area contributed by atoms with Crippen molar-refractivity contribution in [1.82, 2.24) is 9.80 Å². The molecule has 0 aliphatic heterocycles. The van der Waals surface area contributed by atoms with Crippen LogP contribution in [0.5, 0.6) is 0 Å². The average molecular weight is 327 g/mol. The zero-order chi connectivity index (χ0) is 16.8. The van der Waals surface area contributed by atoms with Crippen LogP contribution >= 0.6 is 0 Å². The summed E-state index contributed by atoms with van der Waals surface area (Å²) in [6, 6.07) is 2.73. The van der Waals surface area contributed by atoms with Gasteiger partial charge in [-0.05, 0) is 71.3 Å². The minimum absolute atomic E-state index is 0.0404. The van der Waals surface area contributed by atoms with Gasteiger partial charge in [-0.3, -0.25) is 9.80 Å². The van der Waals surface area contributed by atoms with Crippen LogP contribution in [0.25, 0.3) is 0 Å². The molecule has 0 aromatic rings. The predicted octanol–water partition coefficient (Wildman–Crippen LogP) is 4.53. The number of allylic oxidation sites excluding steroid dienone is 1. The van der Waals surface area contributed by atoms with Crippen molar-refractivity contribution in [2.24, 2.45) is 0 Å². The van der Waals surface area contributed by atoms with Crippen LogP contribution in [-0.2, 0) is 0 Å². The third-order valence-electron chi connectivity index (χ3n) is 4.65. The second-order valence-corrected chi connectivity index (χ2v) is 8.72. The van der Waals surface area contributed by atoms with E-state index >= 15 is 0 Å². The highest BCUT2D eigenvalue weighted by atomic mass is 28.2. The van der Waals surface area contributed by atoms with Gasteiger partial charge in [0.05, 0.1) is 5.66 Å². The molecule has 0 radical (unpaired) electrons. The Kier molecular flexibility index (Phi) is 13.3. The summed E-state index contributed by atoms with van der Waals surface area (Å²) in [5.74, 6) is 0. The number of rotatable bonds is 15. The van der Waals surface area contributed by atoms with Crippen molar-refractivity contribution >= 4 is 9.52 Å². The van der Waals surface area contributed by atoms with Crippen molar-refractivity contribution in [3.05, 3.63) is 12.7 Å². The van der Waals surface area contributed by atoms with Crippen molar-refractivity contribution in [2.45, 2.75) is 84.5 Å². The van der Waals surface area contributed by atoms with Crippen LogP contribution < -0.4 is 0 Å². The normalized spacial score (nSPS) is 12.9. The van der Waals surface area contributed by atoms with Crippen LogP contribution in [0.1, 0.15) is 66.7 Å². The SMILES string of the molecule is C=CC[SiH2]CCC(C)(N(CCC)CCC)N(CCC)CCC. The smallest absolute Gasteiger partial charge is 0.0705 e. The second kappa shape index (κ2) is 13.3. The number of hydrogen-bond acceptors (Lipinski definition) is 2. The van der Waals surface area contributed by atoms with Gasteiger partial charge in [-0.25, -0.2) is 0 Å². The summed E-state index contributed by atoms with van der Waals surface area (Å²) in [4.78, 5) is 5.56. The molecule has 0 heterocycles. The number of hydrogen-bond donors (Lipinski definition) is 0. The number of nitrogens with zero attached hydrogens (tertiary/aromatic N) is 2. The summed E-state index contributed by atoms with van der Waals surface area (Å²) in [5.41, 5.74) is 0.256. The standard InChI is InChI=1S/C19H42N2Si/c1-7-13-20(14-8-2)19(6,12-18-22-17-11-5)21(15-9-3)16-10-4/h11H,5,7-10,12-18,22H2,1-4,6H3. The molecule has 0 atom stereocenters. The summed E-state index contributed by atoms with van der Waals surface area (Å²) in [5, 5.41) is 0. The molecule has 0 amide bonds. The fourth-order valence-electron chi connectivity index (χ4n) is 3.53.